The number of sulfonamides is 1. The minimum Gasteiger partial charge on any atom is -0.276 e. The molecule has 0 saturated carbocycles. The Morgan fingerprint density at radius 3 is 2.17 bits per heavy atom. The van der Waals surface area contributed by atoms with Crippen molar-refractivity contribution in [3.63, 3.8) is 0 Å². The fraction of sp³-hybridized carbons (Fsp3) is 0.222. The van der Waals surface area contributed by atoms with Crippen LogP contribution in [0.3, 0.4) is 0 Å². The third-order valence-electron chi connectivity index (χ3n) is 4.41. The normalized spacial score (nSPS) is 13.5. The van der Waals surface area contributed by atoms with Gasteiger partial charge < -0.3 is 0 Å². The number of hydrogen-bond acceptors (Lipinski definition) is 6. The van der Waals surface area contributed by atoms with Crippen molar-refractivity contribution >= 4 is 27.5 Å². The van der Waals surface area contributed by atoms with Crippen molar-refractivity contribution < 1.29 is 39.6 Å². The number of amides is 1. The third kappa shape index (κ3) is 6.26. The molecule has 2 aromatic carbocycles. The Labute approximate surface area is 198 Å². The molecule has 1 amide bonds. The van der Waals surface area contributed by atoms with Crippen molar-refractivity contribution in [2.75, 3.05) is 0 Å². The van der Waals surface area contributed by atoms with E-state index in [1.165, 1.54) is 25.1 Å². The highest BCUT2D eigenvalue weighted by atomic mass is 35.5. The summed E-state index contributed by atoms with van der Waals surface area (Å²) in [6.45, 7) is 1.18. The Bertz CT molecular complexity index is 1330. The molecule has 0 bridgehead atoms. The summed E-state index contributed by atoms with van der Waals surface area (Å²) in [5.74, 6) is -1.64. The first-order valence-corrected chi connectivity index (χ1v) is 11.1. The van der Waals surface area contributed by atoms with Crippen LogP contribution in [0.25, 0.3) is 11.4 Å². The molecule has 1 atom stereocenters. The van der Waals surface area contributed by atoms with Crippen LogP contribution in [0.4, 0.5) is 26.3 Å². The second-order valence-corrected chi connectivity index (χ2v) is 9.07. The van der Waals surface area contributed by atoms with E-state index in [4.69, 9.17) is 11.6 Å². The maximum absolute atomic E-state index is 13.1. The zero-order chi connectivity index (χ0) is 26.2. The maximum atomic E-state index is 13.1. The zero-order valence-corrected chi connectivity index (χ0v) is 18.8. The second-order valence-electron chi connectivity index (χ2n) is 6.96. The molecule has 0 aliphatic heterocycles. The summed E-state index contributed by atoms with van der Waals surface area (Å²) in [6, 6.07) is 4.49. The average molecular weight is 543 g/mol. The van der Waals surface area contributed by atoms with Gasteiger partial charge in [0.25, 0.3) is 15.9 Å². The molecule has 35 heavy (non-hydrogen) atoms. The molecule has 3 rings (SSSR count). The number of benzene rings is 2. The SMILES string of the molecule is CC(C(=O)NNS(=O)(=O)c1cccc(Cl)c1)n1nnc(-c2cc(C(F)(F)F)cc(C(F)(F)F)c2)n1. The van der Waals surface area contributed by atoms with Crippen LogP contribution in [0.1, 0.15) is 24.1 Å². The van der Waals surface area contributed by atoms with E-state index in [1.807, 2.05) is 10.3 Å². The fourth-order valence-electron chi connectivity index (χ4n) is 2.61. The lowest BCUT2D eigenvalue weighted by atomic mass is 10.0. The van der Waals surface area contributed by atoms with Gasteiger partial charge in [0.05, 0.1) is 16.0 Å². The molecule has 188 valence electrons. The summed E-state index contributed by atoms with van der Waals surface area (Å²) >= 11 is 5.74. The number of hydrazine groups is 1. The van der Waals surface area contributed by atoms with E-state index < -0.39 is 56.8 Å². The number of aromatic nitrogens is 4. The predicted molar refractivity (Wildman–Crippen MR) is 108 cm³/mol. The summed E-state index contributed by atoms with van der Waals surface area (Å²) in [5.41, 5.74) is -1.91. The van der Waals surface area contributed by atoms with Crippen LogP contribution in [0.15, 0.2) is 47.4 Å². The zero-order valence-electron chi connectivity index (χ0n) is 17.2. The van der Waals surface area contributed by atoms with Crippen molar-refractivity contribution in [3.05, 3.63) is 58.6 Å². The fourth-order valence-corrected chi connectivity index (χ4v) is 3.76. The van der Waals surface area contributed by atoms with Crippen LogP contribution in [-0.4, -0.2) is 34.5 Å². The van der Waals surface area contributed by atoms with E-state index in [0.29, 0.717) is 16.9 Å². The van der Waals surface area contributed by atoms with Crippen molar-refractivity contribution in [1.29, 1.82) is 0 Å². The predicted octanol–water partition coefficient (Wildman–Crippen LogP) is 3.60. The molecule has 2 N–H and O–H groups in total. The van der Waals surface area contributed by atoms with Gasteiger partial charge in [-0.15, -0.1) is 15.0 Å². The molecule has 1 unspecified atom stereocenters. The van der Waals surface area contributed by atoms with Gasteiger partial charge in [-0.2, -0.15) is 31.1 Å². The highest BCUT2D eigenvalue weighted by Crippen LogP contribution is 2.38. The standard InChI is InChI=1S/C18H13ClF6N6O3S/c1-9(16(32)27-30-35(33,34)14-4-2-3-13(19)8-14)31-28-15(26-29-31)10-5-11(17(20,21)22)7-12(6-10)18(23,24)25/h2-9,30H,1H3,(H,27,32). The Hall–Kier alpha value is -3.24. The lowest BCUT2D eigenvalue weighted by Gasteiger charge is -2.13. The van der Waals surface area contributed by atoms with Gasteiger partial charge in [-0.3, -0.25) is 10.2 Å². The van der Waals surface area contributed by atoms with E-state index in [2.05, 4.69) is 15.4 Å². The van der Waals surface area contributed by atoms with Gasteiger partial charge in [-0.1, -0.05) is 17.7 Å². The minimum atomic E-state index is -5.08. The molecule has 0 saturated heterocycles. The van der Waals surface area contributed by atoms with E-state index in [0.717, 1.165) is 6.07 Å². The number of rotatable bonds is 6. The summed E-state index contributed by atoms with van der Waals surface area (Å²) in [5, 5.41) is 10.7. The van der Waals surface area contributed by atoms with Crippen LogP contribution in [-0.2, 0) is 27.2 Å². The molecule has 0 spiro atoms. The Kier molecular flexibility index (Phi) is 7.10. The first-order chi connectivity index (χ1) is 16.1. The lowest BCUT2D eigenvalue weighted by molar-refractivity contribution is -0.143. The van der Waals surface area contributed by atoms with Crippen molar-refractivity contribution in [2.45, 2.75) is 30.2 Å². The quantitative estimate of drug-likeness (QED) is 0.363. The highest BCUT2D eigenvalue weighted by Gasteiger charge is 2.37. The number of carbonyl (C=O) groups is 1. The van der Waals surface area contributed by atoms with Gasteiger partial charge in [0.1, 0.15) is 0 Å². The molecular formula is C18H13ClF6N6O3S. The van der Waals surface area contributed by atoms with Crippen LogP contribution in [0.5, 0.6) is 0 Å². The monoisotopic (exact) mass is 542 g/mol. The lowest BCUT2D eigenvalue weighted by Crippen LogP contribution is -2.44. The summed E-state index contributed by atoms with van der Waals surface area (Å²) in [4.78, 5) is 14.5. The van der Waals surface area contributed by atoms with E-state index in [-0.39, 0.29) is 16.0 Å². The Morgan fingerprint density at radius 1 is 1.03 bits per heavy atom. The maximum Gasteiger partial charge on any atom is 0.416 e. The van der Waals surface area contributed by atoms with Gasteiger partial charge >= 0.3 is 12.4 Å². The van der Waals surface area contributed by atoms with Crippen molar-refractivity contribution in [1.82, 2.24) is 30.5 Å². The molecule has 1 heterocycles. The average Bonchev–Trinajstić information content (AvgIpc) is 3.26. The number of tetrazole rings is 1. The summed E-state index contributed by atoms with van der Waals surface area (Å²) in [7, 11) is -4.21. The number of nitrogens with zero attached hydrogens (tertiary/aromatic N) is 4. The first kappa shape index (κ1) is 26.4. The van der Waals surface area contributed by atoms with Crippen LogP contribution < -0.4 is 10.3 Å². The van der Waals surface area contributed by atoms with Gasteiger partial charge in [0.2, 0.25) is 5.82 Å². The second kappa shape index (κ2) is 9.43. The van der Waals surface area contributed by atoms with Gasteiger partial charge in [0.15, 0.2) is 6.04 Å². The molecular weight excluding hydrogens is 530 g/mol. The number of halogens is 7. The molecule has 0 radical (unpaired) electrons. The van der Waals surface area contributed by atoms with E-state index in [9.17, 15) is 39.6 Å². The molecule has 0 aliphatic carbocycles. The van der Waals surface area contributed by atoms with Crippen LogP contribution in [0.2, 0.25) is 5.02 Å². The van der Waals surface area contributed by atoms with Crippen LogP contribution >= 0.6 is 11.6 Å². The molecule has 0 aliphatic rings. The third-order valence-corrected chi connectivity index (χ3v) is 5.90. The molecule has 3 aromatic rings. The number of nitrogens with one attached hydrogen (secondary N) is 2. The molecule has 1 aromatic heterocycles. The van der Waals surface area contributed by atoms with Crippen molar-refractivity contribution in [3.8, 4) is 11.4 Å². The largest absolute Gasteiger partial charge is 0.416 e. The number of hydrogen-bond donors (Lipinski definition) is 2. The van der Waals surface area contributed by atoms with Crippen molar-refractivity contribution in [2.24, 2.45) is 0 Å². The summed E-state index contributed by atoms with van der Waals surface area (Å²) < 4.78 is 103. The first-order valence-electron chi connectivity index (χ1n) is 9.24. The molecule has 17 heteroatoms. The van der Waals surface area contributed by atoms with Crippen LogP contribution in [0, 0.1) is 0 Å². The van der Waals surface area contributed by atoms with Gasteiger partial charge in [0, 0.05) is 10.6 Å². The Morgan fingerprint density at radius 2 is 1.63 bits per heavy atom. The highest BCUT2D eigenvalue weighted by molar-refractivity contribution is 7.89. The summed E-state index contributed by atoms with van der Waals surface area (Å²) in [6.07, 6.45) is -10.2. The topological polar surface area (TPSA) is 119 Å². The Balaban J connectivity index is 1.81. The number of alkyl halides is 6. The van der Waals surface area contributed by atoms with Gasteiger partial charge in [-0.05, 0) is 48.5 Å². The smallest absolute Gasteiger partial charge is 0.276 e. The molecule has 0 fully saturated rings. The molecule has 9 nitrogen and oxygen atoms in total. The minimum absolute atomic E-state index is 0.0595. The van der Waals surface area contributed by atoms with Gasteiger partial charge in [-0.25, -0.2) is 8.42 Å². The van der Waals surface area contributed by atoms with E-state index >= 15 is 0 Å². The number of carbonyl (C=O) groups excluding carboxylic acids is 1. The van der Waals surface area contributed by atoms with E-state index in [1.54, 1.807) is 0 Å².